The molecule has 0 bridgehead atoms. The Balaban J connectivity index is 2.48. The quantitative estimate of drug-likeness (QED) is 0.662. The van der Waals surface area contributed by atoms with Crippen LogP contribution in [-0.2, 0) is 16.0 Å². The van der Waals surface area contributed by atoms with Crippen LogP contribution in [0.25, 0.3) is 0 Å². The number of benzene rings is 1. The molecule has 1 aromatic rings. The highest BCUT2D eigenvalue weighted by atomic mass is 16.5. The molecular formula is C24H38N2O4. The van der Waals surface area contributed by atoms with Gasteiger partial charge in [0.2, 0.25) is 0 Å². The number of carbonyl (C=O) groups excluding carboxylic acids is 1. The Hall–Kier alpha value is -1.79. The number of fused-ring (bicyclic) bond motifs is 3. The average Bonchev–Trinajstić information content (AvgIpc) is 2.90. The molecule has 0 saturated carbocycles. The first-order chi connectivity index (χ1) is 20.5. The first-order valence-corrected chi connectivity index (χ1v) is 9.58. The van der Waals surface area contributed by atoms with Gasteiger partial charge in [0.25, 0.3) is 0 Å². The summed E-state index contributed by atoms with van der Waals surface area (Å²) < 4.78 is 152. The lowest BCUT2D eigenvalue weighted by atomic mass is 9.79. The van der Waals surface area contributed by atoms with Crippen LogP contribution in [-0.4, -0.2) is 50.2 Å². The molecule has 6 heteroatoms. The summed E-state index contributed by atoms with van der Waals surface area (Å²) >= 11 is 0. The van der Waals surface area contributed by atoms with Gasteiger partial charge in [-0.1, -0.05) is 27.6 Å². The number of esters is 1. The first-order valence-electron chi connectivity index (χ1n) is 17.6. The van der Waals surface area contributed by atoms with Gasteiger partial charge in [-0.25, -0.2) is 0 Å². The van der Waals surface area contributed by atoms with E-state index in [0.717, 1.165) is 7.11 Å². The molecule has 0 spiro atoms. The Bertz CT molecular complexity index is 1360. The van der Waals surface area contributed by atoms with Gasteiger partial charge in [-0.15, -0.1) is 0 Å². The molecule has 5 atom stereocenters. The highest BCUT2D eigenvalue weighted by Gasteiger charge is 2.41. The monoisotopic (exact) mass is 434 g/mol. The van der Waals surface area contributed by atoms with E-state index in [1.54, 1.807) is 0 Å². The van der Waals surface area contributed by atoms with E-state index in [1.807, 2.05) is 0 Å². The third kappa shape index (κ3) is 4.75. The molecular weight excluding hydrogens is 380 g/mol. The summed E-state index contributed by atoms with van der Waals surface area (Å²) in [4.78, 5) is 13.9. The van der Waals surface area contributed by atoms with E-state index in [-0.39, 0.29) is 12.0 Å². The van der Waals surface area contributed by atoms with E-state index in [9.17, 15) is 11.6 Å². The first kappa shape index (κ1) is 9.78. The second-order valence-corrected chi connectivity index (χ2v) is 7.48. The van der Waals surface area contributed by atoms with Crippen molar-refractivity contribution in [2.24, 2.45) is 23.4 Å². The second-order valence-electron chi connectivity index (χ2n) is 7.48. The van der Waals surface area contributed by atoms with Gasteiger partial charge in [-0.05, 0) is 47.8 Å². The van der Waals surface area contributed by atoms with Crippen molar-refractivity contribution in [1.82, 2.24) is 4.90 Å². The number of piperidine rings is 1. The Morgan fingerprint density at radius 1 is 1.47 bits per heavy atom. The fourth-order valence-corrected chi connectivity index (χ4v) is 3.27. The number of ether oxygens (including phenoxy) is 3. The van der Waals surface area contributed by atoms with Crippen molar-refractivity contribution < 1.29 is 40.9 Å². The van der Waals surface area contributed by atoms with Crippen LogP contribution in [0.1, 0.15) is 79.5 Å². The predicted octanol–water partition coefficient (Wildman–Crippen LogP) is 3.56. The van der Waals surface area contributed by atoms with Crippen LogP contribution in [0, 0.1) is 17.7 Å². The Morgan fingerprint density at radius 3 is 2.90 bits per heavy atom. The molecule has 1 fully saturated rings. The van der Waals surface area contributed by atoms with Crippen LogP contribution in [0.2, 0.25) is 0 Å². The highest BCUT2D eigenvalue weighted by Crippen LogP contribution is 2.44. The molecule has 2 N–H and O–H groups in total. The topological polar surface area (TPSA) is 74.0 Å². The van der Waals surface area contributed by atoms with Gasteiger partial charge in [0.1, 0.15) is 12.1 Å². The fraction of sp³-hybridized carbons (Fsp3) is 0.708. The van der Waals surface area contributed by atoms with E-state index in [0.29, 0.717) is 11.8 Å². The van der Waals surface area contributed by atoms with Crippen LogP contribution in [0.4, 0.5) is 0 Å². The molecule has 0 aromatic heterocycles. The summed E-state index contributed by atoms with van der Waals surface area (Å²) in [6.07, 6.45) is -10.2. The molecule has 1 aromatic carbocycles. The number of hydrogen-bond donors (Lipinski definition) is 1. The minimum absolute atomic E-state index is 0.0714. The molecule has 30 heavy (non-hydrogen) atoms. The minimum Gasteiger partial charge on any atom is -0.493 e. The number of carbonyl (C=O) groups is 1. The summed E-state index contributed by atoms with van der Waals surface area (Å²) in [6, 6.07) is -4.85. The third-order valence-electron chi connectivity index (χ3n) is 4.92. The van der Waals surface area contributed by atoms with Crippen molar-refractivity contribution in [3.63, 3.8) is 0 Å². The number of hydrogen-bond acceptors (Lipinski definition) is 6. The molecule has 6 nitrogen and oxygen atoms in total. The van der Waals surface area contributed by atoms with E-state index in [2.05, 4.69) is 0 Å². The van der Waals surface area contributed by atoms with Gasteiger partial charge in [0, 0.05) is 46.4 Å². The Morgan fingerprint density at radius 2 is 2.23 bits per heavy atom. The summed E-state index contributed by atoms with van der Waals surface area (Å²) in [6.45, 7) is -3.85. The Labute approximate surface area is 203 Å². The van der Waals surface area contributed by atoms with Gasteiger partial charge < -0.3 is 19.9 Å². The summed E-state index contributed by atoms with van der Waals surface area (Å²) in [5, 5.41) is 0. The van der Waals surface area contributed by atoms with Crippen molar-refractivity contribution in [2.45, 2.75) is 65.0 Å². The van der Waals surface area contributed by atoms with E-state index >= 15 is 0 Å². The lowest BCUT2D eigenvalue weighted by molar-refractivity contribution is -0.160. The molecule has 0 aliphatic carbocycles. The predicted molar refractivity (Wildman–Crippen MR) is 118 cm³/mol. The number of methoxy groups -OCH3 is 2. The number of rotatable bonds is 7. The van der Waals surface area contributed by atoms with Gasteiger partial charge >= 0.3 is 5.97 Å². The van der Waals surface area contributed by atoms with Gasteiger partial charge in [0.05, 0.1) is 21.0 Å². The van der Waals surface area contributed by atoms with E-state index in [1.165, 1.54) is 13.8 Å². The van der Waals surface area contributed by atoms with Crippen molar-refractivity contribution in [1.29, 1.82) is 0 Å². The molecule has 0 radical (unpaired) electrons. The third-order valence-corrected chi connectivity index (χ3v) is 4.92. The fourth-order valence-electron chi connectivity index (χ4n) is 3.27. The maximum Gasteiger partial charge on any atom is 0.323 e. The molecule has 1 saturated heterocycles. The van der Waals surface area contributed by atoms with Crippen LogP contribution in [0.15, 0.2) is 12.1 Å². The molecule has 4 unspecified atom stereocenters. The lowest BCUT2D eigenvalue weighted by Gasteiger charge is -2.47. The highest BCUT2D eigenvalue weighted by molar-refractivity contribution is 5.76. The van der Waals surface area contributed by atoms with Crippen LogP contribution in [0.3, 0.4) is 0 Å². The molecule has 2 aliphatic heterocycles. The van der Waals surface area contributed by atoms with Gasteiger partial charge in [0.15, 0.2) is 11.5 Å². The maximum absolute atomic E-state index is 13.3. The summed E-state index contributed by atoms with van der Waals surface area (Å²) in [5.41, 5.74) is 5.39. The standard InChI is InChI=1S/C24H38N2O4/c1-14(2)9-17-13-26-8-7-16-10-21(28-5)22(29-6)11-18(16)19(26)12-20(17)30-24(27)23(25)15(3)4/h10-11,14-15,17,19-20,23H,7-9,12-13,25H2,1-6H3/t17?,19?,20?,23-/m0/s1/i1D3,6D3,9D2,10D,11D,12D2,13D2,14D,17D/t14?,17?,19?,20?,23-. The van der Waals surface area contributed by atoms with E-state index < -0.39 is 111 Å². The zero-order chi connectivity index (χ0) is 36.0. The number of nitrogens with two attached hydrogens (primary N) is 1. The molecule has 3 rings (SSSR count). The summed E-state index contributed by atoms with van der Waals surface area (Å²) in [5.74, 6) is -10.2. The van der Waals surface area contributed by atoms with Crippen LogP contribution < -0.4 is 15.2 Å². The smallest absolute Gasteiger partial charge is 0.323 e. The van der Waals surface area contributed by atoms with Gasteiger partial charge in [-0.2, -0.15) is 0 Å². The van der Waals surface area contributed by atoms with Crippen molar-refractivity contribution >= 4 is 5.97 Å². The van der Waals surface area contributed by atoms with Crippen LogP contribution in [0.5, 0.6) is 11.5 Å². The summed E-state index contributed by atoms with van der Waals surface area (Å²) in [7, 11) is -2.09. The lowest BCUT2D eigenvalue weighted by Crippen LogP contribution is -2.51. The zero-order valence-corrected chi connectivity index (χ0v) is 17.4. The molecule has 168 valence electrons. The second kappa shape index (κ2) is 9.56. The molecule has 2 aliphatic rings. The van der Waals surface area contributed by atoms with E-state index in [4.69, 9.17) is 35.0 Å². The van der Waals surface area contributed by atoms with Crippen molar-refractivity contribution in [3.8, 4) is 11.5 Å². The molecule has 0 amide bonds. The average molecular weight is 435 g/mol. The van der Waals surface area contributed by atoms with Crippen molar-refractivity contribution in [3.05, 3.63) is 23.2 Å². The van der Waals surface area contributed by atoms with Gasteiger partial charge in [-0.3, -0.25) is 9.69 Å². The number of nitrogens with zero attached hydrogens (tertiary/aromatic N) is 1. The molecule has 2 heterocycles. The minimum atomic E-state index is -3.79. The maximum atomic E-state index is 13.3. The SMILES string of the molecule is [2H]c1c2c(c([2H])c(OC([2H])([2H])[2H])c1OC)C1N(CC2)C([2H])([2H])C([2H])(C([2H])([2H])C([2H])(C)C([2H])([2H])[2H])C(OC(=O)[C@@H](N)C(C)C)C1([2H])[2H]. The Kier molecular flexibility index (Phi) is 3.12. The normalized spacial score (nSPS) is 41.8. The van der Waals surface area contributed by atoms with Crippen molar-refractivity contribution in [2.75, 3.05) is 27.2 Å². The largest absolute Gasteiger partial charge is 0.493 e. The van der Waals surface area contributed by atoms with Crippen LogP contribution >= 0.6 is 0 Å². The zero-order valence-electron chi connectivity index (χ0n) is 33.4.